The van der Waals surface area contributed by atoms with E-state index in [0.29, 0.717) is 11.8 Å². The monoisotopic (exact) mass is 178 g/mol. The van der Waals surface area contributed by atoms with Crippen molar-refractivity contribution in [3.05, 3.63) is 23.9 Å². The minimum Gasteiger partial charge on any atom is -0.340 e. The maximum absolute atomic E-state index is 4.96. The lowest BCUT2D eigenvalue weighted by atomic mass is 9.86. The summed E-state index contributed by atoms with van der Waals surface area (Å²) >= 11 is 0. The molecule has 0 aliphatic heterocycles. The van der Waals surface area contributed by atoms with Gasteiger partial charge in [0.1, 0.15) is 0 Å². The maximum Gasteiger partial charge on any atom is 0.223 e. The van der Waals surface area contributed by atoms with Crippen molar-refractivity contribution < 1.29 is 4.52 Å². The Morgan fingerprint density at radius 2 is 2.38 bits per heavy atom. The summed E-state index contributed by atoms with van der Waals surface area (Å²) in [7, 11) is 0. The van der Waals surface area contributed by atoms with Crippen LogP contribution in [0.15, 0.2) is 16.7 Å². The van der Waals surface area contributed by atoms with E-state index in [1.807, 2.05) is 6.92 Å². The highest BCUT2D eigenvalue weighted by Crippen LogP contribution is 2.33. The highest BCUT2D eigenvalue weighted by atomic mass is 16.5. The lowest BCUT2D eigenvalue weighted by molar-refractivity contribution is 0.377. The summed E-state index contributed by atoms with van der Waals surface area (Å²) < 4.78 is 4.96. The van der Waals surface area contributed by atoms with Crippen LogP contribution in [0, 0.1) is 6.92 Å². The first-order chi connectivity index (χ1) is 6.25. The highest BCUT2D eigenvalue weighted by Gasteiger charge is 2.21. The molecule has 3 nitrogen and oxygen atoms in total. The van der Waals surface area contributed by atoms with Crippen molar-refractivity contribution in [2.24, 2.45) is 0 Å². The van der Waals surface area contributed by atoms with Crippen molar-refractivity contribution in [2.45, 2.75) is 38.5 Å². The second-order valence-electron chi connectivity index (χ2n) is 3.71. The molecule has 1 fully saturated rings. The van der Waals surface area contributed by atoms with E-state index in [9.17, 15) is 0 Å². The SMILES string of the molecule is C=C1CCCC(c2noc(C)n2)C1. The highest BCUT2D eigenvalue weighted by molar-refractivity contribution is 5.08. The topological polar surface area (TPSA) is 38.9 Å². The molecule has 13 heavy (non-hydrogen) atoms. The average molecular weight is 178 g/mol. The number of aryl methyl sites for hydroxylation is 1. The third-order valence-corrected chi connectivity index (χ3v) is 2.53. The molecule has 70 valence electrons. The minimum atomic E-state index is 0.443. The van der Waals surface area contributed by atoms with Gasteiger partial charge in [0.15, 0.2) is 5.82 Å². The van der Waals surface area contributed by atoms with Crippen LogP contribution in [0.1, 0.15) is 43.3 Å². The van der Waals surface area contributed by atoms with E-state index in [-0.39, 0.29) is 0 Å². The molecule has 1 saturated carbocycles. The van der Waals surface area contributed by atoms with E-state index in [2.05, 4.69) is 16.7 Å². The zero-order valence-electron chi connectivity index (χ0n) is 7.92. The molecule has 1 aliphatic rings. The fourth-order valence-corrected chi connectivity index (χ4v) is 1.85. The molecule has 0 saturated heterocycles. The second-order valence-corrected chi connectivity index (χ2v) is 3.71. The van der Waals surface area contributed by atoms with Gasteiger partial charge in [-0.3, -0.25) is 0 Å². The fraction of sp³-hybridized carbons (Fsp3) is 0.600. The molecule has 0 bridgehead atoms. The predicted molar refractivity (Wildman–Crippen MR) is 49.4 cm³/mol. The molecule has 0 N–H and O–H groups in total. The number of nitrogens with zero attached hydrogens (tertiary/aromatic N) is 2. The van der Waals surface area contributed by atoms with E-state index in [0.717, 1.165) is 25.1 Å². The molecule has 0 amide bonds. The van der Waals surface area contributed by atoms with Crippen LogP contribution in [-0.4, -0.2) is 10.1 Å². The molecular formula is C10H14N2O. The van der Waals surface area contributed by atoms with Gasteiger partial charge in [0.05, 0.1) is 0 Å². The van der Waals surface area contributed by atoms with Gasteiger partial charge in [-0.2, -0.15) is 4.98 Å². The Kier molecular flexibility index (Phi) is 2.17. The first-order valence-corrected chi connectivity index (χ1v) is 4.72. The summed E-state index contributed by atoms with van der Waals surface area (Å²) in [6.45, 7) is 5.84. The average Bonchev–Trinajstić information content (AvgIpc) is 2.52. The van der Waals surface area contributed by atoms with Gasteiger partial charge in [-0.05, 0) is 25.7 Å². The van der Waals surface area contributed by atoms with Crippen LogP contribution < -0.4 is 0 Å². The molecule has 2 rings (SSSR count). The van der Waals surface area contributed by atoms with Gasteiger partial charge >= 0.3 is 0 Å². The molecular weight excluding hydrogens is 164 g/mol. The number of hydrogen-bond acceptors (Lipinski definition) is 3. The summed E-state index contributed by atoms with van der Waals surface area (Å²) in [6, 6.07) is 0. The summed E-state index contributed by atoms with van der Waals surface area (Å²) in [4.78, 5) is 4.25. The Labute approximate surface area is 77.8 Å². The zero-order chi connectivity index (χ0) is 9.26. The number of aromatic nitrogens is 2. The van der Waals surface area contributed by atoms with Crippen molar-refractivity contribution >= 4 is 0 Å². The third-order valence-electron chi connectivity index (χ3n) is 2.53. The number of hydrogen-bond donors (Lipinski definition) is 0. The smallest absolute Gasteiger partial charge is 0.223 e. The zero-order valence-corrected chi connectivity index (χ0v) is 7.92. The molecule has 3 heteroatoms. The normalized spacial score (nSPS) is 23.5. The van der Waals surface area contributed by atoms with Crippen LogP contribution in [0.5, 0.6) is 0 Å². The van der Waals surface area contributed by atoms with E-state index < -0.39 is 0 Å². The summed E-state index contributed by atoms with van der Waals surface area (Å²) in [6.07, 6.45) is 4.56. The second kappa shape index (κ2) is 3.32. The first-order valence-electron chi connectivity index (χ1n) is 4.72. The van der Waals surface area contributed by atoms with Gasteiger partial charge in [0.25, 0.3) is 0 Å². The molecule has 1 atom stereocenters. The van der Waals surface area contributed by atoms with Crippen LogP contribution in [0.2, 0.25) is 0 Å². The van der Waals surface area contributed by atoms with Gasteiger partial charge in [-0.25, -0.2) is 0 Å². The summed E-state index contributed by atoms with van der Waals surface area (Å²) in [5.74, 6) is 1.96. The first kappa shape index (κ1) is 8.48. The van der Waals surface area contributed by atoms with E-state index in [1.165, 1.54) is 12.0 Å². The van der Waals surface area contributed by atoms with Crippen molar-refractivity contribution in [3.8, 4) is 0 Å². The van der Waals surface area contributed by atoms with Gasteiger partial charge in [-0.1, -0.05) is 17.3 Å². The van der Waals surface area contributed by atoms with Crippen molar-refractivity contribution in [1.29, 1.82) is 0 Å². The molecule has 1 aliphatic carbocycles. The number of allylic oxidation sites excluding steroid dienone is 1. The quantitative estimate of drug-likeness (QED) is 0.620. The lowest BCUT2D eigenvalue weighted by Gasteiger charge is -2.20. The largest absolute Gasteiger partial charge is 0.340 e. The van der Waals surface area contributed by atoms with E-state index in [4.69, 9.17) is 4.52 Å². The Morgan fingerprint density at radius 1 is 1.54 bits per heavy atom. The molecule has 1 unspecified atom stereocenters. The summed E-state index contributed by atoms with van der Waals surface area (Å²) in [5, 5.41) is 3.95. The standard InChI is InChI=1S/C10H14N2O/c1-7-4-3-5-9(6-7)10-11-8(2)13-12-10/h9H,1,3-6H2,2H3. The van der Waals surface area contributed by atoms with Crippen molar-refractivity contribution in [3.63, 3.8) is 0 Å². The van der Waals surface area contributed by atoms with Gasteiger partial charge < -0.3 is 4.52 Å². The number of rotatable bonds is 1. The Balaban J connectivity index is 2.12. The fourth-order valence-electron chi connectivity index (χ4n) is 1.85. The molecule has 1 aromatic rings. The van der Waals surface area contributed by atoms with Crippen LogP contribution in [0.3, 0.4) is 0 Å². The Morgan fingerprint density at radius 3 is 3.00 bits per heavy atom. The molecule has 1 heterocycles. The Bertz CT molecular complexity index is 316. The van der Waals surface area contributed by atoms with Crippen LogP contribution in [0.4, 0.5) is 0 Å². The van der Waals surface area contributed by atoms with E-state index in [1.54, 1.807) is 0 Å². The minimum absolute atomic E-state index is 0.443. The van der Waals surface area contributed by atoms with Crippen LogP contribution >= 0.6 is 0 Å². The van der Waals surface area contributed by atoms with Crippen LogP contribution in [0.25, 0.3) is 0 Å². The van der Waals surface area contributed by atoms with Crippen molar-refractivity contribution in [2.75, 3.05) is 0 Å². The molecule has 1 aromatic heterocycles. The third kappa shape index (κ3) is 1.79. The Hall–Kier alpha value is -1.12. The van der Waals surface area contributed by atoms with Crippen LogP contribution in [-0.2, 0) is 0 Å². The molecule has 0 aromatic carbocycles. The van der Waals surface area contributed by atoms with Gasteiger partial charge in [0, 0.05) is 12.8 Å². The van der Waals surface area contributed by atoms with Crippen molar-refractivity contribution in [1.82, 2.24) is 10.1 Å². The van der Waals surface area contributed by atoms with Gasteiger partial charge in [-0.15, -0.1) is 0 Å². The lowest BCUT2D eigenvalue weighted by Crippen LogP contribution is -2.07. The summed E-state index contributed by atoms with van der Waals surface area (Å²) in [5.41, 5.74) is 1.32. The molecule has 0 radical (unpaired) electrons. The van der Waals surface area contributed by atoms with Gasteiger partial charge in [0.2, 0.25) is 5.89 Å². The van der Waals surface area contributed by atoms with E-state index >= 15 is 0 Å². The molecule has 0 spiro atoms. The predicted octanol–water partition coefficient (Wildman–Crippen LogP) is 2.59. The maximum atomic E-state index is 4.96.